The van der Waals surface area contributed by atoms with Crippen molar-refractivity contribution in [1.82, 2.24) is 10.2 Å². The lowest BCUT2D eigenvalue weighted by molar-refractivity contribution is -0.117. The van der Waals surface area contributed by atoms with Crippen molar-refractivity contribution in [2.24, 2.45) is 0 Å². The summed E-state index contributed by atoms with van der Waals surface area (Å²) in [6, 6.07) is 7.99. The molecule has 5 nitrogen and oxygen atoms in total. The number of carbonyl (C=O) groups is 2. The van der Waals surface area contributed by atoms with Gasteiger partial charge < -0.3 is 15.1 Å². The zero-order valence-corrected chi connectivity index (χ0v) is 13.0. The zero-order valence-electron chi connectivity index (χ0n) is 13.0. The first kappa shape index (κ1) is 15.0. The SMILES string of the molecule is CNC1CCN(C(=O)c2cccc(N3CCCC3=O)c2)CC1. The van der Waals surface area contributed by atoms with Gasteiger partial charge in [-0.15, -0.1) is 0 Å². The number of hydrogen-bond donors (Lipinski definition) is 1. The van der Waals surface area contributed by atoms with E-state index in [1.54, 1.807) is 4.90 Å². The Morgan fingerprint density at radius 2 is 2.00 bits per heavy atom. The average Bonchev–Trinajstić information content (AvgIpc) is 3.00. The highest BCUT2D eigenvalue weighted by atomic mass is 16.2. The lowest BCUT2D eigenvalue weighted by atomic mass is 10.0. The maximum absolute atomic E-state index is 12.6. The average molecular weight is 301 g/mol. The standard InChI is InChI=1S/C17H23N3O2/c1-18-14-7-10-19(11-8-14)17(22)13-4-2-5-15(12-13)20-9-3-6-16(20)21/h2,4-5,12,14,18H,3,6-11H2,1H3. The fraction of sp³-hybridized carbons (Fsp3) is 0.529. The van der Waals surface area contributed by atoms with Crippen LogP contribution in [0.25, 0.3) is 0 Å². The Labute approximate surface area is 131 Å². The lowest BCUT2D eigenvalue weighted by Gasteiger charge is -2.32. The Hall–Kier alpha value is -1.88. The number of benzene rings is 1. The summed E-state index contributed by atoms with van der Waals surface area (Å²) in [7, 11) is 1.97. The maximum Gasteiger partial charge on any atom is 0.253 e. The summed E-state index contributed by atoms with van der Waals surface area (Å²) in [6.07, 6.45) is 3.49. The number of nitrogens with one attached hydrogen (secondary N) is 1. The normalized spacial score (nSPS) is 19.8. The van der Waals surface area contributed by atoms with E-state index < -0.39 is 0 Å². The van der Waals surface area contributed by atoms with Crippen LogP contribution in [0.15, 0.2) is 24.3 Å². The summed E-state index contributed by atoms with van der Waals surface area (Å²) in [6.45, 7) is 2.33. The van der Waals surface area contributed by atoms with E-state index in [9.17, 15) is 9.59 Å². The van der Waals surface area contributed by atoms with E-state index in [4.69, 9.17) is 0 Å². The smallest absolute Gasteiger partial charge is 0.253 e. The number of amides is 2. The highest BCUT2D eigenvalue weighted by molar-refractivity contribution is 5.99. The molecule has 1 N–H and O–H groups in total. The van der Waals surface area contributed by atoms with Gasteiger partial charge in [-0.25, -0.2) is 0 Å². The number of hydrogen-bond acceptors (Lipinski definition) is 3. The molecule has 0 atom stereocenters. The summed E-state index contributed by atoms with van der Waals surface area (Å²) in [4.78, 5) is 28.2. The van der Waals surface area contributed by atoms with Crippen molar-refractivity contribution in [3.63, 3.8) is 0 Å². The van der Waals surface area contributed by atoms with Gasteiger partial charge in [-0.2, -0.15) is 0 Å². The van der Waals surface area contributed by atoms with Gasteiger partial charge in [0.25, 0.3) is 5.91 Å². The van der Waals surface area contributed by atoms with E-state index in [1.807, 2.05) is 36.2 Å². The van der Waals surface area contributed by atoms with Gasteiger partial charge in [0.2, 0.25) is 5.91 Å². The quantitative estimate of drug-likeness (QED) is 0.923. The Kier molecular flexibility index (Phi) is 4.43. The van der Waals surface area contributed by atoms with E-state index in [2.05, 4.69) is 5.32 Å². The molecule has 2 amide bonds. The fourth-order valence-corrected chi connectivity index (χ4v) is 3.28. The fourth-order valence-electron chi connectivity index (χ4n) is 3.28. The molecule has 3 rings (SSSR count). The van der Waals surface area contributed by atoms with Crippen LogP contribution in [0.4, 0.5) is 5.69 Å². The van der Waals surface area contributed by atoms with Crippen LogP contribution in [0.1, 0.15) is 36.0 Å². The molecule has 0 unspecified atom stereocenters. The molecule has 5 heteroatoms. The summed E-state index contributed by atoms with van der Waals surface area (Å²) < 4.78 is 0. The molecule has 2 saturated heterocycles. The Morgan fingerprint density at radius 3 is 2.64 bits per heavy atom. The number of piperidine rings is 1. The largest absolute Gasteiger partial charge is 0.339 e. The van der Waals surface area contributed by atoms with Gasteiger partial charge in [0, 0.05) is 43.3 Å². The highest BCUT2D eigenvalue weighted by Crippen LogP contribution is 2.23. The molecule has 1 aromatic carbocycles. The first-order chi connectivity index (χ1) is 10.7. The van der Waals surface area contributed by atoms with Crippen LogP contribution in [0, 0.1) is 0 Å². The topological polar surface area (TPSA) is 52.7 Å². The minimum Gasteiger partial charge on any atom is -0.339 e. The van der Waals surface area contributed by atoms with Gasteiger partial charge in [0.15, 0.2) is 0 Å². The third kappa shape index (κ3) is 2.99. The molecule has 0 radical (unpaired) electrons. The molecule has 0 saturated carbocycles. The van der Waals surface area contributed by atoms with E-state index in [1.165, 1.54) is 0 Å². The van der Waals surface area contributed by atoms with E-state index in [0.29, 0.717) is 18.0 Å². The van der Waals surface area contributed by atoms with Gasteiger partial charge in [-0.3, -0.25) is 9.59 Å². The van der Waals surface area contributed by atoms with Crippen molar-refractivity contribution in [3.8, 4) is 0 Å². The van der Waals surface area contributed by atoms with Crippen LogP contribution in [0.3, 0.4) is 0 Å². The second-order valence-electron chi connectivity index (χ2n) is 6.05. The maximum atomic E-state index is 12.6. The van der Waals surface area contributed by atoms with Crippen molar-refractivity contribution in [2.45, 2.75) is 31.7 Å². The number of nitrogens with zero attached hydrogens (tertiary/aromatic N) is 2. The summed E-state index contributed by atoms with van der Waals surface area (Å²) >= 11 is 0. The van der Waals surface area contributed by atoms with E-state index in [0.717, 1.165) is 44.6 Å². The highest BCUT2D eigenvalue weighted by Gasteiger charge is 2.25. The van der Waals surface area contributed by atoms with Crippen molar-refractivity contribution in [2.75, 3.05) is 31.6 Å². The predicted octanol–water partition coefficient (Wildman–Crippen LogP) is 1.64. The minimum absolute atomic E-state index is 0.0723. The Morgan fingerprint density at radius 1 is 1.23 bits per heavy atom. The lowest BCUT2D eigenvalue weighted by Crippen LogP contribution is -2.44. The predicted molar refractivity (Wildman–Crippen MR) is 86.0 cm³/mol. The molecule has 0 aromatic heterocycles. The molecule has 118 valence electrons. The van der Waals surface area contributed by atoms with E-state index in [-0.39, 0.29) is 11.8 Å². The Balaban J connectivity index is 1.72. The van der Waals surface area contributed by atoms with Gasteiger partial charge in [0.1, 0.15) is 0 Å². The van der Waals surface area contributed by atoms with Crippen LogP contribution in [-0.4, -0.2) is 49.4 Å². The first-order valence-corrected chi connectivity index (χ1v) is 8.06. The van der Waals surface area contributed by atoms with E-state index >= 15 is 0 Å². The monoisotopic (exact) mass is 301 g/mol. The van der Waals surface area contributed by atoms with Gasteiger partial charge in [-0.1, -0.05) is 6.07 Å². The molecule has 2 aliphatic rings. The molecule has 0 bridgehead atoms. The third-order valence-electron chi connectivity index (χ3n) is 4.67. The molecule has 2 fully saturated rings. The number of carbonyl (C=O) groups excluding carboxylic acids is 2. The second kappa shape index (κ2) is 6.48. The van der Waals surface area contributed by atoms with Crippen molar-refractivity contribution < 1.29 is 9.59 Å². The first-order valence-electron chi connectivity index (χ1n) is 8.06. The number of likely N-dealkylation sites (tertiary alicyclic amines) is 1. The van der Waals surface area contributed by atoms with Gasteiger partial charge in [0.05, 0.1) is 0 Å². The Bertz CT molecular complexity index is 565. The summed E-state index contributed by atoms with van der Waals surface area (Å²) in [5, 5.41) is 3.27. The van der Waals surface area contributed by atoms with Crippen molar-refractivity contribution in [3.05, 3.63) is 29.8 Å². The van der Waals surface area contributed by atoms with Gasteiger partial charge in [-0.05, 0) is 44.5 Å². The third-order valence-corrected chi connectivity index (χ3v) is 4.67. The molecule has 2 aliphatic heterocycles. The van der Waals surface area contributed by atoms with Gasteiger partial charge >= 0.3 is 0 Å². The molecular formula is C17H23N3O2. The van der Waals surface area contributed by atoms with Crippen LogP contribution in [0.2, 0.25) is 0 Å². The number of anilines is 1. The molecular weight excluding hydrogens is 278 g/mol. The van der Waals surface area contributed by atoms with Crippen LogP contribution in [0.5, 0.6) is 0 Å². The summed E-state index contributed by atoms with van der Waals surface area (Å²) in [5.41, 5.74) is 1.53. The van der Waals surface area contributed by atoms with Crippen LogP contribution < -0.4 is 10.2 Å². The van der Waals surface area contributed by atoms with Crippen molar-refractivity contribution in [1.29, 1.82) is 0 Å². The molecule has 2 heterocycles. The molecule has 0 aliphatic carbocycles. The summed E-state index contributed by atoms with van der Waals surface area (Å²) in [5.74, 6) is 0.225. The van der Waals surface area contributed by atoms with Crippen LogP contribution in [-0.2, 0) is 4.79 Å². The second-order valence-corrected chi connectivity index (χ2v) is 6.05. The molecule has 22 heavy (non-hydrogen) atoms. The minimum atomic E-state index is 0.0723. The molecule has 0 spiro atoms. The number of rotatable bonds is 3. The van der Waals surface area contributed by atoms with Crippen LogP contribution >= 0.6 is 0 Å². The van der Waals surface area contributed by atoms with Crippen molar-refractivity contribution >= 4 is 17.5 Å². The molecule has 1 aromatic rings. The zero-order chi connectivity index (χ0) is 15.5.